The molecule has 0 unspecified atom stereocenters. The predicted octanol–water partition coefficient (Wildman–Crippen LogP) is 2.64. The molecule has 0 radical (unpaired) electrons. The van der Waals surface area contributed by atoms with E-state index in [1.165, 1.54) is 11.3 Å². The fourth-order valence-electron chi connectivity index (χ4n) is 1.21. The highest BCUT2D eigenvalue weighted by molar-refractivity contribution is 7.10. The van der Waals surface area contributed by atoms with Gasteiger partial charge in [-0.25, -0.2) is 0 Å². The van der Waals surface area contributed by atoms with Crippen LogP contribution in [-0.2, 0) is 16.1 Å². The molecule has 1 aromatic heterocycles. The summed E-state index contributed by atoms with van der Waals surface area (Å²) < 4.78 is 39.5. The van der Waals surface area contributed by atoms with Gasteiger partial charge in [0.25, 0.3) is 0 Å². The molecule has 3 nitrogen and oxygen atoms in total. The summed E-state index contributed by atoms with van der Waals surface area (Å²) in [4.78, 5) is 12.3. The maximum absolute atomic E-state index is 11.7. The molecule has 0 bridgehead atoms. The highest BCUT2D eigenvalue weighted by atomic mass is 32.1. The van der Waals surface area contributed by atoms with Gasteiger partial charge in [-0.3, -0.25) is 4.79 Å². The molecule has 1 amide bonds. The molecule has 0 saturated carbocycles. The first-order valence-electron chi connectivity index (χ1n) is 5.32. The van der Waals surface area contributed by atoms with Crippen LogP contribution in [0.3, 0.4) is 0 Å². The summed E-state index contributed by atoms with van der Waals surface area (Å²) in [5, 5.41) is 4.55. The van der Waals surface area contributed by atoms with E-state index in [2.05, 4.69) is 10.1 Å². The molecular formula is C11H14F3NO2S. The van der Waals surface area contributed by atoms with Crippen LogP contribution in [-0.4, -0.2) is 25.3 Å². The lowest BCUT2D eigenvalue weighted by atomic mass is 10.3. The lowest BCUT2D eigenvalue weighted by Gasteiger charge is -2.08. The first-order chi connectivity index (χ1) is 8.38. The molecule has 0 saturated heterocycles. The number of amides is 1. The molecule has 0 aliphatic heterocycles. The molecular weight excluding hydrogens is 267 g/mol. The Morgan fingerprint density at radius 1 is 1.50 bits per heavy atom. The monoisotopic (exact) mass is 281 g/mol. The third-order valence-corrected chi connectivity index (χ3v) is 3.18. The summed E-state index contributed by atoms with van der Waals surface area (Å²) in [6.07, 6.45) is -4.41. The first-order valence-corrected chi connectivity index (χ1v) is 6.20. The lowest BCUT2D eigenvalue weighted by Crippen LogP contribution is -2.25. The number of hydrogen-bond donors (Lipinski definition) is 1. The molecule has 18 heavy (non-hydrogen) atoms. The SMILES string of the molecule is Cc1ccsc1CNC(=O)CCOCC(F)(F)F. The van der Waals surface area contributed by atoms with Crippen molar-refractivity contribution in [3.05, 3.63) is 21.9 Å². The molecule has 1 N–H and O–H groups in total. The number of rotatable bonds is 6. The molecule has 102 valence electrons. The Morgan fingerprint density at radius 3 is 2.78 bits per heavy atom. The number of nitrogens with one attached hydrogen (secondary N) is 1. The van der Waals surface area contributed by atoms with Crippen LogP contribution in [0, 0.1) is 6.92 Å². The van der Waals surface area contributed by atoms with Gasteiger partial charge in [-0.15, -0.1) is 11.3 Å². The fourth-order valence-corrected chi connectivity index (χ4v) is 2.05. The molecule has 0 aromatic carbocycles. The third kappa shape index (κ3) is 6.02. The average molecular weight is 281 g/mol. The zero-order valence-electron chi connectivity index (χ0n) is 9.84. The van der Waals surface area contributed by atoms with Gasteiger partial charge in [0.1, 0.15) is 6.61 Å². The largest absolute Gasteiger partial charge is 0.411 e. The standard InChI is InChI=1S/C11H14F3NO2S/c1-8-3-5-18-9(8)6-15-10(16)2-4-17-7-11(12,13)14/h3,5H,2,4,6-7H2,1H3,(H,15,16). The first kappa shape index (κ1) is 15.0. The van der Waals surface area contributed by atoms with Crippen LogP contribution in [0.25, 0.3) is 0 Å². The Balaban J connectivity index is 2.13. The normalized spacial score (nSPS) is 11.6. The van der Waals surface area contributed by atoms with Gasteiger partial charge in [-0.1, -0.05) is 0 Å². The molecule has 0 spiro atoms. The smallest absolute Gasteiger partial charge is 0.372 e. The van der Waals surface area contributed by atoms with Crippen molar-refractivity contribution in [2.24, 2.45) is 0 Å². The summed E-state index contributed by atoms with van der Waals surface area (Å²) in [7, 11) is 0. The Kier molecular flexibility index (Phi) is 5.61. The number of carbonyl (C=O) groups is 1. The zero-order valence-corrected chi connectivity index (χ0v) is 10.7. The summed E-state index contributed by atoms with van der Waals surface area (Å²) >= 11 is 1.53. The van der Waals surface area contributed by atoms with Crippen LogP contribution >= 0.6 is 11.3 Å². The molecule has 7 heteroatoms. The topological polar surface area (TPSA) is 38.3 Å². The molecule has 0 aliphatic carbocycles. The Bertz CT molecular complexity index is 390. The molecule has 1 rings (SSSR count). The van der Waals surface area contributed by atoms with Crippen molar-refractivity contribution in [1.82, 2.24) is 5.32 Å². The highest BCUT2D eigenvalue weighted by Gasteiger charge is 2.27. The van der Waals surface area contributed by atoms with Crippen molar-refractivity contribution in [1.29, 1.82) is 0 Å². The third-order valence-electron chi connectivity index (χ3n) is 2.15. The zero-order chi connectivity index (χ0) is 13.6. The van der Waals surface area contributed by atoms with E-state index >= 15 is 0 Å². The number of halogens is 3. The fraction of sp³-hybridized carbons (Fsp3) is 0.545. The van der Waals surface area contributed by atoms with Crippen LogP contribution in [0.2, 0.25) is 0 Å². The van der Waals surface area contributed by atoms with Crippen LogP contribution in [0.5, 0.6) is 0 Å². The van der Waals surface area contributed by atoms with Crippen LogP contribution in [0.1, 0.15) is 16.9 Å². The van der Waals surface area contributed by atoms with Crippen molar-refractivity contribution in [3.63, 3.8) is 0 Å². The van der Waals surface area contributed by atoms with Crippen molar-refractivity contribution in [2.75, 3.05) is 13.2 Å². The van der Waals surface area contributed by atoms with Gasteiger partial charge in [-0.2, -0.15) is 13.2 Å². The summed E-state index contributed by atoms with van der Waals surface area (Å²) in [6, 6.07) is 1.94. The van der Waals surface area contributed by atoms with Crippen LogP contribution in [0.4, 0.5) is 13.2 Å². The minimum Gasteiger partial charge on any atom is -0.372 e. The number of ether oxygens (including phenoxy) is 1. The second-order valence-electron chi connectivity index (χ2n) is 3.72. The van der Waals surface area contributed by atoms with E-state index in [4.69, 9.17) is 0 Å². The van der Waals surface area contributed by atoms with Gasteiger partial charge in [0.15, 0.2) is 0 Å². The van der Waals surface area contributed by atoms with E-state index < -0.39 is 12.8 Å². The second-order valence-corrected chi connectivity index (χ2v) is 4.72. The Labute approximate surface area is 107 Å². The van der Waals surface area contributed by atoms with Crippen molar-refractivity contribution in [3.8, 4) is 0 Å². The van der Waals surface area contributed by atoms with Crippen molar-refractivity contribution in [2.45, 2.75) is 26.1 Å². The molecule has 0 aliphatic rings. The number of thiophene rings is 1. The minimum absolute atomic E-state index is 0.0689. The molecule has 0 atom stereocenters. The van der Waals surface area contributed by atoms with E-state index in [1.54, 1.807) is 0 Å². The van der Waals surface area contributed by atoms with Gasteiger partial charge < -0.3 is 10.1 Å². The Morgan fingerprint density at radius 2 is 2.22 bits per heavy atom. The molecule has 1 heterocycles. The van der Waals surface area contributed by atoms with Crippen LogP contribution in [0.15, 0.2) is 11.4 Å². The van der Waals surface area contributed by atoms with E-state index in [0.717, 1.165) is 10.4 Å². The number of aryl methyl sites for hydroxylation is 1. The summed E-state index contributed by atoms with van der Waals surface area (Å²) in [5.41, 5.74) is 1.09. The van der Waals surface area contributed by atoms with Gasteiger partial charge in [0, 0.05) is 11.3 Å². The maximum Gasteiger partial charge on any atom is 0.411 e. The second kappa shape index (κ2) is 6.75. The van der Waals surface area contributed by atoms with E-state index in [0.29, 0.717) is 6.54 Å². The van der Waals surface area contributed by atoms with Crippen molar-refractivity contribution < 1.29 is 22.7 Å². The van der Waals surface area contributed by atoms with Crippen molar-refractivity contribution >= 4 is 17.2 Å². The summed E-state index contributed by atoms with van der Waals surface area (Å²) in [6.45, 7) is 0.797. The van der Waals surface area contributed by atoms with Gasteiger partial charge in [0.2, 0.25) is 5.91 Å². The average Bonchev–Trinajstić information content (AvgIpc) is 2.66. The Hall–Kier alpha value is -1.08. The van der Waals surface area contributed by atoms with Gasteiger partial charge >= 0.3 is 6.18 Å². The quantitative estimate of drug-likeness (QED) is 0.814. The van der Waals surface area contributed by atoms with Crippen LogP contribution < -0.4 is 5.32 Å². The number of hydrogen-bond acceptors (Lipinski definition) is 3. The molecule has 1 aromatic rings. The minimum atomic E-state index is -4.34. The molecule has 0 fully saturated rings. The maximum atomic E-state index is 11.7. The van der Waals surface area contributed by atoms with E-state index in [1.807, 2.05) is 18.4 Å². The number of alkyl halides is 3. The van der Waals surface area contributed by atoms with Gasteiger partial charge in [0.05, 0.1) is 13.2 Å². The predicted molar refractivity (Wildman–Crippen MR) is 62.4 cm³/mol. The summed E-state index contributed by atoms with van der Waals surface area (Å²) in [5.74, 6) is -0.315. The van der Waals surface area contributed by atoms with E-state index in [9.17, 15) is 18.0 Å². The van der Waals surface area contributed by atoms with Gasteiger partial charge in [-0.05, 0) is 23.9 Å². The lowest BCUT2D eigenvalue weighted by molar-refractivity contribution is -0.174. The highest BCUT2D eigenvalue weighted by Crippen LogP contribution is 2.15. The van der Waals surface area contributed by atoms with E-state index in [-0.39, 0.29) is 18.9 Å². The number of carbonyl (C=O) groups excluding carboxylic acids is 1.